The molecule has 1 aromatic heterocycles. The summed E-state index contributed by atoms with van der Waals surface area (Å²) in [5.41, 5.74) is 2.48. The number of benzene rings is 1. The summed E-state index contributed by atoms with van der Waals surface area (Å²) in [6, 6.07) is 12.5. The molecule has 0 spiro atoms. The van der Waals surface area contributed by atoms with Gasteiger partial charge in [0, 0.05) is 31.1 Å². The van der Waals surface area contributed by atoms with Gasteiger partial charge in [-0.15, -0.1) is 0 Å². The molecule has 104 valence electrons. The van der Waals surface area contributed by atoms with Gasteiger partial charge in [0.05, 0.1) is 0 Å². The molecule has 1 aliphatic carbocycles. The van der Waals surface area contributed by atoms with E-state index < -0.39 is 0 Å². The van der Waals surface area contributed by atoms with E-state index in [1.807, 2.05) is 13.1 Å². The van der Waals surface area contributed by atoms with Gasteiger partial charge in [0.25, 0.3) is 0 Å². The van der Waals surface area contributed by atoms with Crippen LogP contribution in [-0.4, -0.2) is 17.0 Å². The molecule has 0 unspecified atom stereocenters. The topological polar surface area (TPSA) is 37.8 Å². The van der Waals surface area contributed by atoms with Gasteiger partial charge < -0.3 is 5.32 Å². The molecule has 0 radical (unpaired) electrons. The number of aromatic nitrogens is 2. The lowest BCUT2D eigenvalue weighted by atomic mass is 10.0. The highest BCUT2D eigenvalue weighted by molar-refractivity contribution is 5.37. The van der Waals surface area contributed by atoms with Crippen molar-refractivity contribution in [2.45, 2.75) is 38.0 Å². The Bertz CT molecular complexity index is 560. The number of anilines is 1. The van der Waals surface area contributed by atoms with Crippen molar-refractivity contribution in [2.24, 2.45) is 0 Å². The third-order valence-electron chi connectivity index (χ3n) is 4.03. The number of hydrogen-bond acceptors (Lipinski definition) is 3. The lowest BCUT2D eigenvalue weighted by molar-refractivity contribution is 0.686. The van der Waals surface area contributed by atoms with E-state index >= 15 is 0 Å². The van der Waals surface area contributed by atoms with Crippen LogP contribution in [0.15, 0.2) is 36.4 Å². The average molecular weight is 267 g/mol. The Morgan fingerprint density at radius 3 is 2.55 bits per heavy atom. The van der Waals surface area contributed by atoms with Gasteiger partial charge in [0.1, 0.15) is 11.6 Å². The monoisotopic (exact) mass is 267 g/mol. The molecule has 0 saturated heterocycles. The van der Waals surface area contributed by atoms with Crippen LogP contribution < -0.4 is 5.32 Å². The van der Waals surface area contributed by atoms with Gasteiger partial charge in [-0.2, -0.15) is 0 Å². The summed E-state index contributed by atoms with van der Waals surface area (Å²) in [5, 5.41) is 3.17. The average Bonchev–Trinajstić information content (AvgIpc) is 3.02. The summed E-state index contributed by atoms with van der Waals surface area (Å²) < 4.78 is 0. The molecule has 3 rings (SSSR count). The Morgan fingerprint density at radius 1 is 1.10 bits per heavy atom. The van der Waals surface area contributed by atoms with Crippen molar-refractivity contribution in [3.8, 4) is 0 Å². The van der Waals surface area contributed by atoms with Crippen LogP contribution in [0.25, 0.3) is 0 Å². The van der Waals surface area contributed by atoms with E-state index in [0.29, 0.717) is 5.92 Å². The van der Waals surface area contributed by atoms with Crippen LogP contribution in [0.5, 0.6) is 0 Å². The van der Waals surface area contributed by atoms with Crippen LogP contribution in [0, 0.1) is 0 Å². The minimum atomic E-state index is 0.625. The Hall–Kier alpha value is -1.90. The van der Waals surface area contributed by atoms with Gasteiger partial charge in [-0.05, 0) is 18.4 Å². The van der Waals surface area contributed by atoms with Crippen LogP contribution in [-0.2, 0) is 6.42 Å². The SMILES string of the molecule is CNc1cc(C2CCCC2)nc(Cc2ccccc2)n1. The van der Waals surface area contributed by atoms with E-state index in [9.17, 15) is 0 Å². The van der Waals surface area contributed by atoms with Crippen LogP contribution in [0.3, 0.4) is 0 Å². The van der Waals surface area contributed by atoms with Crippen LogP contribution in [0.4, 0.5) is 5.82 Å². The van der Waals surface area contributed by atoms with Gasteiger partial charge in [0.2, 0.25) is 0 Å². The zero-order chi connectivity index (χ0) is 13.8. The number of nitrogens with one attached hydrogen (secondary N) is 1. The number of hydrogen-bond donors (Lipinski definition) is 1. The molecule has 3 nitrogen and oxygen atoms in total. The van der Waals surface area contributed by atoms with Crippen molar-refractivity contribution in [3.05, 3.63) is 53.5 Å². The van der Waals surface area contributed by atoms with Gasteiger partial charge >= 0.3 is 0 Å². The fourth-order valence-corrected chi connectivity index (χ4v) is 2.93. The van der Waals surface area contributed by atoms with Crippen molar-refractivity contribution in [2.75, 3.05) is 12.4 Å². The maximum Gasteiger partial charge on any atom is 0.135 e. The highest BCUT2D eigenvalue weighted by atomic mass is 15.0. The van der Waals surface area contributed by atoms with Gasteiger partial charge in [0.15, 0.2) is 0 Å². The normalized spacial score (nSPS) is 15.4. The summed E-state index contributed by atoms with van der Waals surface area (Å²) in [7, 11) is 1.92. The predicted octanol–water partition coefficient (Wildman–Crippen LogP) is 3.77. The summed E-state index contributed by atoms with van der Waals surface area (Å²) in [6.45, 7) is 0. The lowest BCUT2D eigenvalue weighted by Gasteiger charge is -2.12. The Balaban J connectivity index is 1.87. The first kappa shape index (κ1) is 13.1. The second kappa shape index (κ2) is 6.04. The number of rotatable bonds is 4. The summed E-state index contributed by atoms with van der Waals surface area (Å²) in [4.78, 5) is 9.40. The van der Waals surface area contributed by atoms with Crippen molar-refractivity contribution in [1.29, 1.82) is 0 Å². The molecular formula is C17H21N3. The maximum atomic E-state index is 4.81. The Morgan fingerprint density at radius 2 is 1.85 bits per heavy atom. The first-order valence-electron chi connectivity index (χ1n) is 7.44. The van der Waals surface area contributed by atoms with Gasteiger partial charge in [-0.25, -0.2) is 9.97 Å². The minimum Gasteiger partial charge on any atom is -0.373 e. The van der Waals surface area contributed by atoms with Crippen molar-refractivity contribution < 1.29 is 0 Å². The molecule has 1 N–H and O–H groups in total. The number of nitrogens with zero attached hydrogens (tertiary/aromatic N) is 2. The summed E-state index contributed by atoms with van der Waals surface area (Å²) in [5.74, 6) is 2.48. The largest absolute Gasteiger partial charge is 0.373 e. The van der Waals surface area contributed by atoms with E-state index in [-0.39, 0.29) is 0 Å². The van der Waals surface area contributed by atoms with E-state index in [1.165, 1.54) is 36.9 Å². The lowest BCUT2D eigenvalue weighted by Crippen LogP contribution is -2.06. The second-order valence-corrected chi connectivity index (χ2v) is 5.49. The third kappa shape index (κ3) is 2.98. The second-order valence-electron chi connectivity index (χ2n) is 5.49. The zero-order valence-corrected chi connectivity index (χ0v) is 12.0. The van der Waals surface area contributed by atoms with E-state index in [0.717, 1.165) is 18.1 Å². The fraction of sp³-hybridized carbons (Fsp3) is 0.412. The Kier molecular flexibility index (Phi) is 3.95. The molecule has 1 saturated carbocycles. The molecule has 2 aromatic rings. The van der Waals surface area contributed by atoms with Crippen molar-refractivity contribution >= 4 is 5.82 Å². The quantitative estimate of drug-likeness (QED) is 0.916. The highest BCUT2D eigenvalue weighted by Gasteiger charge is 2.19. The van der Waals surface area contributed by atoms with Crippen LogP contribution in [0.2, 0.25) is 0 Å². The van der Waals surface area contributed by atoms with E-state index in [1.54, 1.807) is 0 Å². The molecule has 1 fully saturated rings. The molecule has 1 heterocycles. The minimum absolute atomic E-state index is 0.625. The van der Waals surface area contributed by atoms with Crippen LogP contribution in [0.1, 0.15) is 48.7 Å². The molecule has 3 heteroatoms. The van der Waals surface area contributed by atoms with Crippen LogP contribution >= 0.6 is 0 Å². The highest BCUT2D eigenvalue weighted by Crippen LogP contribution is 2.33. The molecule has 0 aliphatic heterocycles. The first-order valence-corrected chi connectivity index (χ1v) is 7.44. The van der Waals surface area contributed by atoms with E-state index in [2.05, 4.69) is 40.6 Å². The standard InChI is InChI=1S/C17H21N3/c1-18-16-12-15(14-9-5-6-10-14)19-17(20-16)11-13-7-3-2-4-8-13/h2-4,7-8,12,14H,5-6,9-11H2,1H3,(H,18,19,20). The molecular weight excluding hydrogens is 246 g/mol. The maximum absolute atomic E-state index is 4.81. The summed E-state index contributed by atoms with van der Waals surface area (Å²) in [6.07, 6.45) is 6.00. The van der Waals surface area contributed by atoms with Gasteiger partial charge in [-0.3, -0.25) is 0 Å². The van der Waals surface area contributed by atoms with Crippen molar-refractivity contribution in [3.63, 3.8) is 0 Å². The molecule has 0 amide bonds. The zero-order valence-electron chi connectivity index (χ0n) is 12.0. The smallest absolute Gasteiger partial charge is 0.135 e. The van der Waals surface area contributed by atoms with Gasteiger partial charge in [-0.1, -0.05) is 43.2 Å². The predicted molar refractivity (Wildman–Crippen MR) is 82.0 cm³/mol. The molecule has 1 aliphatic rings. The Labute approximate surface area is 120 Å². The summed E-state index contributed by atoms with van der Waals surface area (Å²) >= 11 is 0. The molecule has 0 bridgehead atoms. The third-order valence-corrected chi connectivity index (χ3v) is 4.03. The molecule has 20 heavy (non-hydrogen) atoms. The van der Waals surface area contributed by atoms with Crippen molar-refractivity contribution in [1.82, 2.24) is 9.97 Å². The molecule has 1 aromatic carbocycles. The van der Waals surface area contributed by atoms with E-state index in [4.69, 9.17) is 4.98 Å². The fourth-order valence-electron chi connectivity index (χ4n) is 2.93. The first-order chi connectivity index (χ1) is 9.85. The molecule has 0 atom stereocenters.